The van der Waals surface area contributed by atoms with Gasteiger partial charge >= 0.3 is 0 Å². The first-order valence-electron chi connectivity index (χ1n) is 11.6. The Balaban J connectivity index is 1.28. The summed E-state index contributed by atoms with van der Waals surface area (Å²) >= 11 is 6.03. The summed E-state index contributed by atoms with van der Waals surface area (Å²) in [6, 6.07) is 21.0. The van der Waals surface area contributed by atoms with Gasteiger partial charge in [-0.25, -0.2) is 4.52 Å². The molecule has 7 nitrogen and oxygen atoms in total. The number of benzene rings is 2. The van der Waals surface area contributed by atoms with E-state index in [4.69, 9.17) is 11.6 Å². The normalized spacial score (nSPS) is 15.2. The van der Waals surface area contributed by atoms with Crippen molar-refractivity contribution in [3.05, 3.63) is 77.3 Å². The van der Waals surface area contributed by atoms with Gasteiger partial charge in [0, 0.05) is 27.9 Å². The summed E-state index contributed by atoms with van der Waals surface area (Å²) in [5, 5.41) is 15.1. The number of anilines is 2. The number of halogens is 1. The third kappa shape index (κ3) is 4.90. The standard InChI is InChI=1S/C26H27ClN6O/c1-17(18-13-15-28-16-14-18)29-25(34)20-7-11-22(12-8-20)30-26-31-24-4-2-3-23(33(24)32-26)19-5-9-21(27)10-6-19/h2-12,17-18,28H,13-16H2,1H3,(H,29,34)(H,30,32). The summed E-state index contributed by atoms with van der Waals surface area (Å²) in [5.41, 5.74) is 4.11. The molecule has 5 rings (SSSR count). The number of carbonyl (C=O) groups is 1. The van der Waals surface area contributed by atoms with Crippen LogP contribution in [0.15, 0.2) is 66.7 Å². The van der Waals surface area contributed by atoms with E-state index in [-0.39, 0.29) is 11.9 Å². The maximum atomic E-state index is 12.7. The number of fused-ring (bicyclic) bond motifs is 1. The summed E-state index contributed by atoms with van der Waals surface area (Å²) < 4.78 is 1.80. The molecule has 1 amide bonds. The van der Waals surface area contributed by atoms with E-state index >= 15 is 0 Å². The molecule has 1 aliphatic heterocycles. The molecule has 1 saturated heterocycles. The van der Waals surface area contributed by atoms with Crippen molar-refractivity contribution in [2.24, 2.45) is 5.92 Å². The average Bonchev–Trinajstić information content (AvgIpc) is 3.28. The highest BCUT2D eigenvalue weighted by Crippen LogP contribution is 2.24. The minimum absolute atomic E-state index is 0.0453. The molecule has 2 aromatic heterocycles. The second-order valence-corrected chi connectivity index (χ2v) is 9.11. The van der Waals surface area contributed by atoms with Gasteiger partial charge in [-0.2, -0.15) is 4.98 Å². The maximum absolute atomic E-state index is 12.7. The molecule has 4 aromatic rings. The molecule has 1 fully saturated rings. The van der Waals surface area contributed by atoms with E-state index in [1.807, 2.05) is 66.7 Å². The molecule has 1 unspecified atom stereocenters. The Morgan fingerprint density at radius 3 is 2.53 bits per heavy atom. The van der Waals surface area contributed by atoms with Crippen molar-refractivity contribution < 1.29 is 4.79 Å². The lowest BCUT2D eigenvalue weighted by Gasteiger charge is -2.28. The molecule has 0 saturated carbocycles. The van der Waals surface area contributed by atoms with Crippen LogP contribution in [-0.2, 0) is 0 Å². The molecule has 0 spiro atoms. The first kappa shape index (κ1) is 22.4. The third-order valence-corrected chi connectivity index (χ3v) is 6.60. The molecule has 2 aromatic carbocycles. The van der Waals surface area contributed by atoms with Crippen LogP contribution in [0.2, 0.25) is 5.02 Å². The van der Waals surface area contributed by atoms with Gasteiger partial charge in [0.2, 0.25) is 5.95 Å². The quantitative estimate of drug-likeness (QED) is 0.370. The van der Waals surface area contributed by atoms with Crippen molar-refractivity contribution in [2.75, 3.05) is 18.4 Å². The number of rotatable bonds is 6. The Morgan fingerprint density at radius 1 is 1.06 bits per heavy atom. The molecule has 0 bridgehead atoms. The fourth-order valence-electron chi connectivity index (χ4n) is 4.38. The first-order valence-corrected chi connectivity index (χ1v) is 11.9. The maximum Gasteiger partial charge on any atom is 0.251 e. The molecule has 3 heterocycles. The molecule has 0 aliphatic carbocycles. The van der Waals surface area contributed by atoms with Gasteiger partial charge in [-0.3, -0.25) is 4.79 Å². The van der Waals surface area contributed by atoms with Gasteiger partial charge in [0.15, 0.2) is 5.65 Å². The van der Waals surface area contributed by atoms with Crippen molar-refractivity contribution in [3.8, 4) is 11.3 Å². The molecular weight excluding hydrogens is 448 g/mol. The highest BCUT2D eigenvalue weighted by molar-refractivity contribution is 6.30. The molecule has 34 heavy (non-hydrogen) atoms. The lowest BCUT2D eigenvalue weighted by molar-refractivity contribution is 0.0920. The summed E-state index contributed by atoms with van der Waals surface area (Å²) in [4.78, 5) is 17.3. The van der Waals surface area contributed by atoms with Crippen molar-refractivity contribution in [3.63, 3.8) is 0 Å². The van der Waals surface area contributed by atoms with Crippen molar-refractivity contribution in [1.29, 1.82) is 0 Å². The Bertz CT molecular complexity index is 1280. The van der Waals surface area contributed by atoms with Gasteiger partial charge in [-0.1, -0.05) is 29.8 Å². The Labute approximate surface area is 203 Å². The molecule has 1 atom stereocenters. The monoisotopic (exact) mass is 474 g/mol. The zero-order chi connectivity index (χ0) is 23.5. The Morgan fingerprint density at radius 2 is 1.79 bits per heavy atom. The van der Waals surface area contributed by atoms with E-state index in [1.165, 1.54) is 0 Å². The summed E-state index contributed by atoms with van der Waals surface area (Å²) in [5.74, 6) is 0.958. The van der Waals surface area contributed by atoms with Gasteiger partial charge in [0.05, 0.1) is 5.69 Å². The Hall–Kier alpha value is -3.42. The number of hydrogen-bond acceptors (Lipinski definition) is 5. The molecule has 1 aliphatic rings. The largest absolute Gasteiger partial charge is 0.349 e. The van der Waals surface area contributed by atoms with Crippen LogP contribution in [0.4, 0.5) is 11.6 Å². The number of hydrogen-bond donors (Lipinski definition) is 3. The highest BCUT2D eigenvalue weighted by Gasteiger charge is 2.21. The van der Waals surface area contributed by atoms with Crippen LogP contribution < -0.4 is 16.0 Å². The van der Waals surface area contributed by atoms with Crippen LogP contribution in [0, 0.1) is 5.92 Å². The number of carbonyl (C=O) groups excluding carboxylic acids is 1. The Kier molecular flexibility index (Phi) is 6.47. The van der Waals surface area contributed by atoms with E-state index in [0.717, 1.165) is 48.5 Å². The molecule has 8 heteroatoms. The van der Waals surface area contributed by atoms with Crippen molar-refractivity contribution >= 4 is 34.8 Å². The summed E-state index contributed by atoms with van der Waals surface area (Å²) in [6.07, 6.45) is 2.19. The zero-order valence-electron chi connectivity index (χ0n) is 19.0. The van der Waals surface area contributed by atoms with Gasteiger partial charge in [-0.15, -0.1) is 5.10 Å². The number of aromatic nitrogens is 3. The van der Waals surface area contributed by atoms with Crippen LogP contribution in [-0.4, -0.2) is 39.6 Å². The highest BCUT2D eigenvalue weighted by atomic mass is 35.5. The number of pyridine rings is 1. The number of nitrogens with one attached hydrogen (secondary N) is 3. The number of nitrogens with zero attached hydrogens (tertiary/aromatic N) is 3. The van der Waals surface area contributed by atoms with Crippen molar-refractivity contribution in [2.45, 2.75) is 25.8 Å². The van der Waals surface area contributed by atoms with Gasteiger partial charge in [0.25, 0.3) is 5.91 Å². The first-order chi connectivity index (χ1) is 16.6. The summed E-state index contributed by atoms with van der Waals surface area (Å²) in [7, 11) is 0. The fraction of sp³-hybridized carbons (Fsp3) is 0.269. The lowest BCUT2D eigenvalue weighted by Crippen LogP contribution is -2.42. The van der Waals surface area contributed by atoms with Gasteiger partial charge in [-0.05, 0) is 87.3 Å². The average molecular weight is 475 g/mol. The van der Waals surface area contributed by atoms with E-state index in [2.05, 4.69) is 33.0 Å². The van der Waals surface area contributed by atoms with E-state index < -0.39 is 0 Å². The van der Waals surface area contributed by atoms with Crippen LogP contribution in [0.1, 0.15) is 30.1 Å². The molecule has 0 radical (unpaired) electrons. The molecule has 3 N–H and O–H groups in total. The smallest absolute Gasteiger partial charge is 0.251 e. The van der Waals surface area contributed by atoms with Crippen LogP contribution in [0.5, 0.6) is 0 Å². The SMILES string of the molecule is CC(NC(=O)c1ccc(Nc2nc3cccc(-c4ccc(Cl)cc4)n3n2)cc1)C1CCNCC1. The topological polar surface area (TPSA) is 83.4 Å². The van der Waals surface area contributed by atoms with Crippen LogP contribution >= 0.6 is 11.6 Å². The lowest BCUT2D eigenvalue weighted by atomic mass is 9.91. The minimum Gasteiger partial charge on any atom is -0.349 e. The second-order valence-electron chi connectivity index (χ2n) is 8.68. The van der Waals surface area contributed by atoms with Gasteiger partial charge in [0.1, 0.15) is 0 Å². The van der Waals surface area contributed by atoms with E-state index in [0.29, 0.717) is 22.5 Å². The fourth-order valence-corrected chi connectivity index (χ4v) is 4.51. The van der Waals surface area contributed by atoms with Gasteiger partial charge < -0.3 is 16.0 Å². The molecule has 174 valence electrons. The second kappa shape index (κ2) is 9.83. The van der Waals surface area contributed by atoms with Crippen LogP contribution in [0.25, 0.3) is 16.9 Å². The predicted molar refractivity (Wildman–Crippen MR) is 136 cm³/mol. The zero-order valence-corrected chi connectivity index (χ0v) is 19.7. The van der Waals surface area contributed by atoms with E-state index in [9.17, 15) is 4.79 Å². The number of piperidine rings is 1. The third-order valence-electron chi connectivity index (χ3n) is 6.35. The van der Waals surface area contributed by atoms with E-state index in [1.54, 1.807) is 4.52 Å². The van der Waals surface area contributed by atoms with Crippen molar-refractivity contribution in [1.82, 2.24) is 25.2 Å². The number of amides is 1. The van der Waals surface area contributed by atoms with Crippen LogP contribution in [0.3, 0.4) is 0 Å². The summed E-state index contributed by atoms with van der Waals surface area (Å²) in [6.45, 7) is 4.13. The molecular formula is C26H27ClN6O. The predicted octanol–water partition coefficient (Wildman–Crippen LogP) is 4.91. The minimum atomic E-state index is -0.0453.